The van der Waals surface area contributed by atoms with Crippen LogP contribution in [0.5, 0.6) is 11.5 Å². The van der Waals surface area contributed by atoms with E-state index in [1.165, 1.54) is 12.1 Å². The third kappa shape index (κ3) is 6.45. The van der Waals surface area contributed by atoms with E-state index < -0.39 is 29.7 Å². The number of imide groups is 2. The minimum Gasteiger partial charge on any atom is -0.494 e. The molecular weight excluding hydrogens is 700 g/mol. The Morgan fingerprint density at radius 3 is 2.38 bits per heavy atom. The summed E-state index contributed by atoms with van der Waals surface area (Å²) in [4.78, 5) is 70.8. The minimum atomic E-state index is -1.02. The van der Waals surface area contributed by atoms with Crippen LogP contribution >= 0.6 is 11.6 Å². The number of amides is 5. The van der Waals surface area contributed by atoms with Gasteiger partial charge in [0.05, 0.1) is 33.9 Å². The molecule has 4 aliphatic rings. The lowest BCUT2D eigenvalue weighted by Gasteiger charge is -2.63. The van der Waals surface area contributed by atoms with Gasteiger partial charge in [0.1, 0.15) is 35.5 Å². The number of hydrogen-bond donors (Lipinski definition) is 2. The monoisotopic (exact) mass is 738 g/mol. The lowest BCUT2D eigenvalue weighted by Crippen LogP contribution is -2.74. The molecule has 1 aliphatic carbocycles. The van der Waals surface area contributed by atoms with Crippen LogP contribution in [0.1, 0.15) is 83.6 Å². The van der Waals surface area contributed by atoms with Crippen molar-refractivity contribution in [2.45, 2.75) is 65.1 Å². The Morgan fingerprint density at radius 1 is 1.00 bits per heavy atom. The molecule has 2 N–H and O–H groups in total. The van der Waals surface area contributed by atoms with Crippen LogP contribution in [0, 0.1) is 28.1 Å². The lowest BCUT2D eigenvalue weighted by molar-refractivity contribution is -0.164. The van der Waals surface area contributed by atoms with E-state index in [9.17, 15) is 29.2 Å². The molecule has 274 valence electrons. The first kappa shape index (κ1) is 35.9. The van der Waals surface area contributed by atoms with Crippen molar-refractivity contribution in [2.24, 2.45) is 16.7 Å². The fraction of sp³-hybridized carbons (Fsp3) is 0.410. The fourth-order valence-electron chi connectivity index (χ4n) is 8.34. The van der Waals surface area contributed by atoms with Gasteiger partial charge in [0, 0.05) is 48.6 Å². The smallest absolute Gasteiger partial charge is 0.262 e. The van der Waals surface area contributed by atoms with Crippen LogP contribution in [0.25, 0.3) is 0 Å². The summed E-state index contributed by atoms with van der Waals surface area (Å²) in [5, 5.41) is 14.9. The highest BCUT2D eigenvalue weighted by molar-refractivity contribution is 6.31. The number of ether oxygens (including phenoxy) is 2. The Bertz CT molecular complexity index is 2050. The number of nitriles is 1. The highest BCUT2D eigenvalue weighted by Crippen LogP contribution is 2.55. The zero-order valence-corrected chi connectivity index (χ0v) is 30.5. The van der Waals surface area contributed by atoms with Crippen molar-refractivity contribution in [3.05, 3.63) is 82.0 Å². The second kappa shape index (κ2) is 13.5. The number of nitrogens with zero attached hydrogens (tertiary/aromatic N) is 4. The zero-order valence-electron chi connectivity index (χ0n) is 29.8. The van der Waals surface area contributed by atoms with Crippen molar-refractivity contribution in [3.8, 4) is 17.6 Å². The van der Waals surface area contributed by atoms with Crippen LogP contribution < -0.4 is 25.0 Å². The number of rotatable bonds is 10. The third-order valence-corrected chi connectivity index (χ3v) is 11.2. The standard InChI is InChI=1S/C39H39ClN6O7/c1-38(2)36(39(3,4)37(38)53-25-7-5-22(17-41)28(40)16-25)44-32(48)23-6-11-30(42-18-23)45-19-21(20-45)13-14-52-24-8-9-26-27(15-24)35(51)46(34(26)50)29-10-12-31(47)43-33(29)49/h5-9,11,15-16,18,21,29,36-37H,10,12-14,19-20H2,1-4H3,(H,44,48)(H,43,47,49). The molecule has 0 bridgehead atoms. The summed E-state index contributed by atoms with van der Waals surface area (Å²) in [6.07, 6.45) is 2.30. The number of carbonyl (C=O) groups is 5. The van der Waals surface area contributed by atoms with E-state index in [0.717, 1.165) is 30.2 Å². The summed E-state index contributed by atoms with van der Waals surface area (Å²) < 4.78 is 12.3. The summed E-state index contributed by atoms with van der Waals surface area (Å²) in [6, 6.07) is 14.2. The molecule has 1 saturated carbocycles. The highest BCUT2D eigenvalue weighted by atomic mass is 35.5. The number of aromatic nitrogens is 1. The van der Waals surface area contributed by atoms with Gasteiger partial charge in [-0.15, -0.1) is 0 Å². The average molecular weight is 739 g/mol. The molecule has 0 spiro atoms. The molecule has 1 aromatic heterocycles. The highest BCUT2D eigenvalue weighted by Gasteiger charge is 2.64. The number of pyridine rings is 1. The van der Waals surface area contributed by atoms with E-state index >= 15 is 0 Å². The lowest BCUT2D eigenvalue weighted by atomic mass is 9.49. The summed E-state index contributed by atoms with van der Waals surface area (Å²) >= 11 is 6.22. The van der Waals surface area contributed by atoms with Crippen LogP contribution in [0.15, 0.2) is 54.7 Å². The van der Waals surface area contributed by atoms with Gasteiger partial charge in [0.25, 0.3) is 17.7 Å². The molecule has 3 aliphatic heterocycles. The summed E-state index contributed by atoms with van der Waals surface area (Å²) in [7, 11) is 0. The maximum atomic E-state index is 13.3. The van der Waals surface area contributed by atoms with Gasteiger partial charge in [-0.25, -0.2) is 4.98 Å². The normalized spacial score (nSPS) is 23.0. The average Bonchev–Trinajstić information content (AvgIpc) is 3.35. The maximum absolute atomic E-state index is 13.3. The SMILES string of the molecule is CC1(C)C(NC(=O)c2ccc(N3CC(CCOc4ccc5c(c4)C(=O)N(C4CCC(=O)NC4=O)C5=O)C3)nc2)C(C)(C)C1Oc1ccc(C#N)c(Cl)c1. The fourth-order valence-corrected chi connectivity index (χ4v) is 8.55. The summed E-state index contributed by atoms with van der Waals surface area (Å²) in [5.74, 6) is -0.245. The Kier molecular flexibility index (Phi) is 9.14. The molecule has 4 heterocycles. The predicted octanol–water partition coefficient (Wildman–Crippen LogP) is 4.53. The number of hydrogen-bond acceptors (Lipinski definition) is 10. The molecule has 1 unspecified atom stereocenters. The van der Waals surface area contributed by atoms with Gasteiger partial charge in [-0.05, 0) is 61.2 Å². The first-order valence-electron chi connectivity index (χ1n) is 17.6. The molecule has 7 rings (SSSR count). The van der Waals surface area contributed by atoms with E-state index in [-0.39, 0.29) is 52.9 Å². The number of carbonyl (C=O) groups excluding carboxylic acids is 5. The Hall–Kier alpha value is -5.48. The largest absolute Gasteiger partial charge is 0.494 e. The number of piperidine rings is 1. The van der Waals surface area contributed by atoms with E-state index in [4.69, 9.17) is 21.1 Å². The van der Waals surface area contributed by atoms with Crippen molar-refractivity contribution >= 4 is 47.0 Å². The van der Waals surface area contributed by atoms with Crippen molar-refractivity contribution < 1.29 is 33.4 Å². The second-order valence-electron chi connectivity index (χ2n) is 15.3. The van der Waals surface area contributed by atoms with E-state index in [0.29, 0.717) is 40.2 Å². The van der Waals surface area contributed by atoms with Gasteiger partial charge in [-0.2, -0.15) is 5.26 Å². The first-order valence-corrected chi connectivity index (χ1v) is 17.9. The second-order valence-corrected chi connectivity index (χ2v) is 15.7. The summed E-state index contributed by atoms with van der Waals surface area (Å²) in [5.41, 5.74) is 0.451. The van der Waals surface area contributed by atoms with Gasteiger partial charge >= 0.3 is 0 Å². The van der Waals surface area contributed by atoms with Crippen molar-refractivity contribution in [3.63, 3.8) is 0 Å². The topological polar surface area (TPSA) is 171 Å². The maximum Gasteiger partial charge on any atom is 0.262 e. The zero-order chi connectivity index (χ0) is 37.8. The first-order chi connectivity index (χ1) is 25.2. The van der Waals surface area contributed by atoms with Gasteiger partial charge < -0.3 is 19.7 Å². The number of nitrogens with one attached hydrogen (secondary N) is 2. The third-order valence-electron chi connectivity index (χ3n) is 10.9. The van der Waals surface area contributed by atoms with Crippen LogP contribution in [0.4, 0.5) is 5.82 Å². The Balaban J connectivity index is 0.872. The number of benzene rings is 2. The van der Waals surface area contributed by atoms with E-state index in [2.05, 4.69) is 54.3 Å². The van der Waals surface area contributed by atoms with Crippen LogP contribution in [-0.2, 0) is 9.59 Å². The van der Waals surface area contributed by atoms with E-state index in [1.54, 1.807) is 36.5 Å². The molecule has 2 saturated heterocycles. The van der Waals surface area contributed by atoms with Crippen LogP contribution in [0.2, 0.25) is 5.02 Å². The number of anilines is 1. The quantitative estimate of drug-likeness (QED) is 0.282. The molecule has 0 radical (unpaired) electrons. The van der Waals surface area contributed by atoms with Gasteiger partial charge in [0.2, 0.25) is 11.8 Å². The number of fused-ring (bicyclic) bond motifs is 1. The Morgan fingerprint density at radius 2 is 1.72 bits per heavy atom. The van der Waals surface area contributed by atoms with Crippen LogP contribution in [-0.4, -0.2) is 77.3 Å². The van der Waals surface area contributed by atoms with E-state index in [1.807, 2.05) is 6.07 Å². The number of halogens is 1. The minimum absolute atomic E-state index is 0.0607. The molecule has 14 heteroatoms. The van der Waals surface area contributed by atoms with Crippen molar-refractivity contribution in [1.82, 2.24) is 20.5 Å². The summed E-state index contributed by atoms with van der Waals surface area (Å²) in [6.45, 7) is 10.2. The Labute approximate surface area is 311 Å². The molecule has 13 nitrogen and oxygen atoms in total. The van der Waals surface area contributed by atoms with Crippen LogP contribution in [0.3, 0.4) is 0 Å². The molecule has 53 heavy (non-hydrogen) atoms. The van der Waals surface area contributed by atoms with Crippen molar-refractivity contribution in [1.29, 1.82) is 5.26 Å². The molecule has 3 fully saturated rings. The van der Waals surface area contributed by atoms with Crippen molar-refractivity contribution in [2.75, 3.05) is 24.6 Å². The molecule has 1 atom stereocenters. The molecule has 3 aromatic rings. The van der Waals surface area contributed by atoms with Gasteiger partial charge in [0.15, 0.2) is 0 Å². The van der Waals surface area contributed by atoms with Gasteiger partial charge in [-0.3, -0.25) is 34.2 Å². The molecule has 2 aromatic carbocycles. The molecule has 5 amide bonds. The molecular formula is C39H39ClN6O7. The van der Waals surface area contributed by atoms with Gasteiger partial charge in [-0.1, -0.05) is 39.3 Å². The predicted molar refractivity (Wildman–Crippen MR) is 193 cm³/mol.